The summed E-state index contributed by atoms with van der Waals surface area (Å²) in [5.74, 6) is -1.05. The molecule has 116 valence electrons. The van der Waals surface area contributed by atoms with Crippen LogP contribution in [-0.2, 0) is 10.0 Å². The van der Waals surface area contributed by atoms with Crippen LogP contribution in [0.2, 0.25) is 0 Å². The molecule has 0 aromatic heterocycles. The smallest absolute Gasteiger partial charge is 0.258 e. The molecule has 1 fully saturated rings. The average molecular weight is 316 g/mol. The summed E-state index contributed by atoms with van der Waals surface area (Å²) in [6.07, 6.45) is 2.33. The van der Waals surface area contributed by atoms with Crippen LogP contribution in [0.3, 0.4) is 0 Å². The number of hydrogen-bond donors (Lipinski definition) is 1. The molecule has 1 unspecified atom stereocenters. The number of nitro groups is 1. The summed E-state index contributed by atoms with van der Waals surface area (Å²) < 4.78 is 40.3. The Hall–Kier alpha value is -1.54. The van der Waals surface area contributed by atoms with Crippen molar-refractivity contribution < 1.29 is 17.7 Å². The van der Waals surface area contributed by atoms with Gasteiger partial charge in [0.25, 0.3) is 0 Å². The Labute approximate surface area is 122 Å². The molecule has 0 spiro atoms. The van der Waals surface area contributed by atoms with Gasteiger partial charge in [0.15, 0.2) is 0 Å². The molecule has 0 heterocycles. The van der Waals surface area contributed by atoms with Gasteiger partial charge in [0.05, 0.1) is 9.82 Å². The SMILES string of the molecule is CC1(C)CCC(NS(=O)(=O)c2ccc(F)c([N+](=O)[O-])c2)C1. The summed E-state index contributed by atoms with van der Waals surface area (Å²) in [6, 6.07) is 2.38. The van der Waals surface area contributed by atoms with Crippen LogP contribution >= 0.6 is 0 Å². The maximum Gasteiger partial charge on any atom is 0.306 e. The number of nitrogens with one attached hydrogen (secondary N) is 1. The molecule has 1 saturated carbocycles. The second kappa shape index (κ2) is 5.34. The fourth-order valence-corrected chi connectivity index (χ4v) is 3.91. The number of halogens is 1. The van der Waals surface area contributed by atoms with Crippen LogP contribution < -0.4 is 4.72 Å². The van der Waals surface area contributed by atoms with Crippen molar-refractivity contribution in [2.24, 2.45) is 5.41 Å². The fourth-order valence-electron chi connectivity index (χ4n) is 2.62. The number of sulfonamides is 1. The molecule has 1 aliphatic carbocycles. The summed E-state index contributed by atoms with van der Waals surface area (Å²) in [6.45, 7) is 4.12. The molecule has 1 aliphatic rings. The van der Waals surface area contributed by atoms with Gasteiger partial charge in [-0.2, -0.15) is 4.39 Å². The van der Waals surface area contributed by atoms with Crippen LogP contribution in [0.5, 0.6) is 0 Å². The minimum atomic E-state index is -3.89. The Morgan fingerprint density at radius 3 is 2.62 bits per heavy atom. The van der Waals surface area contributed by atoms with Gasteiger partial charge in [-0.15, -0.1) is 0 Å². The van der Waals surface area contributed by atoms with E-state index in [2.05, 4.69) is 18.6 Å². The third kappa shape index (κ3) is 3.56. The first kappa shape index (κ1) is 15.8. The quantitative estimate of drug-likeness (QED) is 0.683. The predicted molar refractivity (Wildman–Crippen MR) is 74.8 cm³/mol. The van der Waals surface area contributed by atoms with E-state index in [9.17, 15) is 22.9 Å². The molecule has 1 atom stereocenters. The molecule has 0 bridgehead atoms. The van der Waals surface area contributed by atoms with Gasteiger partial charge >= 0.3 is 5.69 Å². The molecule has 21 heavy (non-hydrogen) atoms. The Morgan fingerprint density at radius 2 is 2.10 bits per heavy atom. The van der Waals surface area contributed by atoms with E-state index in [0.29, 0.717) is 6.42 Å². The second-order valence-corrected chi connectivity index (χ2v) is 7.81. The molecule has 0 radical (unpaired) electrons. The summed E-state index contributed by atoms with van der Waals surface area (Å²) >= 11 is 0. The normalized spacial score (nSPS) is 21.4. The predicted octanol–water partition coefficient (Wildman–Crippen LogP) is 2.59. The van der Waals surface area contributed by atoms with Gasteiger partial charge in [0.2, 0.25) is 15.8 Å². The van der Waals surface area contributed by atoms with E-state index in [1.54, 1.807) is 0 Å². The number of nitrogens with zero attached hydrogens (tertiary/aromatic N) is 1. The average Bonchev–Trinajstić information content (AvgIpc) is 2.67. The highest BCUT2D eigenvalue weighted by Gasteiger charge is 2.34. The van der Waals surface area contributed by atoms with E-state index in [1.165, 1.54) is 0 Å². The summed E-state index contributed by atoms with van der Waals surface area (Å²) in [7, 11) is -3.89. The minimum Gasteiger partial charge on any atom is -0.258 e. The van der Waals surface area contributed by atoms with Crippen molar-refractivity contribution in [2.75, 3.05) is 0 Å². The summed E-state index contributed by atoms with van der Waals surface area (Å²) in [5.41, 5.74) is -0.772. The first-order valence-electron chi connectivity index (χ1n) is 6.57. The van der Waals surface area contributed by atoms with Crippen LogP contribution in [0.4, 0.5) is 10.1 Å². The van der Waals surface area contributed by atoms with Crippen LogP contribution in [0.25, 0.3) is 0 Å². The topological polar surface area (TPSA) is 89.3 Å². The lowest BCUT2D eigenvalue weighted by atomic mass is 9.92. The molecular formula is C13H17FN2O4S. The second-order valence-electron chi connectivity index (χ2n) is 6.10. The van der Waals surface area contributed by atoms with E-state index in [4.69, 9.17) is 0 Å². The van der Waals surface area contributed by atoms with Gasteiger partial charge in [0.1, 0.15) is 0 Å². The Balaban J connectivity index is 2.24. The zero-order valence-electron chi connectivity index (χ0n) is 11.8. The standard InChI is InChI=1S/C13H17FN2O4S/c1-13(2)6-5-9(8-13)15-21(19,20)10-3-4-11(14)12(7-10)16(17)18/h3-4,7,9,15H,5-6,8H2,1-2H3. The van der Waals surface area contributed by atoms with Crippen LogP contribution in [0.15, 0.2) is 23.1 Å². The molecule has 1 aromatic carbocycles. The highest BCUT2D eigenvalue weighted by atomic mass is 32.2. The maximum atomic E-state index is 13.3. The first-order valence-corrected chi connectivity index (χ1v) is 8.05. The van der Waals surface area contributed by atoms with Gasteiger partial charge in [-0.3, -0.25) is 10.1 Å². The molecular weight excluding hydrogens is 299 g/mol. The fraction of sp³-hybridized carbons (Fsp3) is 0.538. The lowest BCUT2D eigenvalue weighted by Crippen LogP contribution is -2.33. The molecule has 0 amide bonds. The zero-order valence-corrected chi connectivity index (χ0v) is 12.6. The molecule has 1 aromatic rings. The summed E-state index contributed by atoms with van der Waals surface area (Å²) in [5, 5.41) is 10.7. The van der Waals surface area contributed by atoms with E-state index in [0.717, 1.165) is 31.0 Å². The van der Waals surface area contributed by atoms with E-state index in [1.807, 2.05) is 0 Å². The van der Waals surface area contributed by atoms with E-state index >= 15 is 0 Å². The van der Waals surface area contributed by atoms with E-state index < -0.39 is 26.5 Å². The third-order valence-corrected chi connectivity index (χ3v) is 5.23. The van der Waals surface area contributed by atoms with Crippen LogP contribution in [0, 0.1) is 21.3 Å². The van der Waals surface area contributed by atoms with Crippen molar-refractivity contribution in [3.63, 3.8) is 0 Å². The van der Waals surface area contributed by atoms with Gasteiger partial charge in [-0.25, -0.2) is 13.1 Å². The molecule has 6 nitrogen and oxygen atoms in total. The van der Waals surface area contributed by atoms with Gasteiger partial charge in [-0.1, -0.05) is 13.8 Å². The molecule has 0 saturated heterocycles. The monoisotopic (exact) mass is 316 g/mol. The third-order valence-electron chi connectivity index (χ3n) is 3.71. The Bertz CT molecular complexity index is 673. The van der Waals surface area contributed by atoms with Crippen molar-refractivity contribution in [1.82, 2.24) is 4.72 Å². The largest absolute Gasteiger partial charge is 0.306 e. The van der Waals surface area contributed by atoms with E-state index in [-0.39, 0.29) is 16.4 Å². The number of rotatable bonds is 4. The van der Waals surface area contributed by atoms with Crippen LogP contribution in [0.1, 0.15) is 33.1 Å². The summed E-state index contributed by atoms with van der Waals surface area (Å²) in [4.78, 5) is 9.45. The highest BCUT2D eigenvalue weighted by molar-refractivity contribution is 7.89. The molecule has 2 rings (SSSR count). The van der Waals surface area contributed by atoms with Crippen molar-refractivity contribution >= 4 is 15.7 Å². The van der Waals surface area contributed by atoms with Crippen molar-refractivity contribution in [2.45, 2.75) is 44.0 Å². The van der Waals surface area contributed by atoms with Crippen molar-refractivity contribution in [1.29, 1.82) is 0 Å². The zero-order chi connectivity index (χ0) is 15.8. The number of hydrogen-bond acceptors (Lipinski definition) is 4. The van der Waals surface area contributed by atoms with Crippen molar-refractivity contribution in [3.8, 4) is 0 Å². The Kier molecular flexibility index (Phi) is 4.03. The lowest BCUT2D eigenvalue weighted by molar-refractivity contribution is -0.387. The first-order chi connectivity index (χ1) is 9.61. The lowest BCUT2D eigenvalue weighted by Gasteiger charge is -2.17. The van der Waals surface area contributed by atoms with Gasteiger partial charge in [-0.05, 0) is 36.8 Å². The van der Waals surface area contributed by atoms with Gasteiger partial charge < -0.3 is 0 Å². The molecule has 1 N–H and O–H groups in total. The maximum absolute atomic E-state index is 13.3. The van der Waals surface area contributed by atoms with Gasteiger partial charge in [0, 0.05) is 12.1 Å². The van der Waals surface area contributed by atoms with Crippen molar-refractivity contribution in [3.05, 3.63) is 34.1 Å². The number of benzene rings is 1. The minimum absolute atomic E-state index is 0.0714. The van der Waals surface area contributed by atoms with Crippen LogP contribution in [-0.4, -0.2) is 19.4 Å². The number of nitro benzene ring substituents is 1. The highest BCUT2D eigenvalue weighted by Crippen LogP contribution is 2.37. The molecule has 8 heteroatoms. The molecule has 0 aliphatic heterocycles. The Morgan fingerprint density at radius 1 is 1.43 bits per heavy atom.